The van der Waals surface area contributed by atoms with E-state index in [1.54, 1.807) is 0 Å². The highest BCUT2D eigenvalue weighted by atomic mass is 15.1. The third kappa shape index (κ3) is 2.67. The van der Waals surface area contributed by atoms with Crippen LogP contribution in [0.3, 0.4) is 0 Å². The second-order valence-electron chi connectivity index (χ2n) is 5.34. The van der Waals surface area contributed by atoms with Crippen molar-refractivity contribution in [3.05, 3.63) is 53.5 Å². The first-order valence-corrected chi connectivity index (χ1v) is 7.29. The van der Waals surface area contributed by atoms with Crippen molar-refractivity contribution in [3.8, 4) is 5.82 Å². The molecule has 0 saturated heterocycles. The fraction of sp³-hybridized carbons (Fsp3) is 0.294. The molecule has 1 N–H and O–H groups in total. The zero-order valence-corrected chi connectivity index (χ0v) is 12.7. The third-order valence-corrected chi connectivity index (χ3v) is 3.80. The fourth-order valence-corrected chi connectivity index (χ4v) is 2.38. The minimum absolute atomic E-state index is 0.854. The second-order valence-corrected chi connectivity index (χ2v) is 5.34. The van der Waals surface area contributed by atoms with Crippen molar-refractivity contribution in [2.45, 2.75) is 27.3 Å². The summed E-state index contributed by atoms with van der Waals surface area (Å²) in [6.07, 6.45) is 3.76. The molecule has 0 unspecified atom stereocenters. The number of aromatic nitrogens is 3. The quantitative estimate of drug-likeness (QED) is 0.798. The first-order chi connectivity index (χ1) is 10.2. The molecule has 2 heterocycles. The molecule has 0 aliphatic rings. The average Bonchev–Trinajstić information content (AvgIpc) is 2.89. The van der Waals surface area contributed by atoms with Crippen LogP contribution in [0.2, 0.25) is 0 Å². The zero-order valence-electron chi connectivity index (χ0n) is 12.7. The number of aryl methyl sites for hydroxylation is 2. The van der Waals surface area contributed by atoms with Gasteiger partial charge < -0.3 is 5.32 Å². The van der Waals surface area contributed by atoms with E-state index in [1.807, 2.05) is 23.2 Å². The minimum Gasteiger partial charge on any atom is -0.313 e. The van der Waals surface area contributed by atoms with Crippen LogP contribution in [0.15, 0.2) is 36.8 Å². The van der Waals surface area contributed by atoms with Crippen LogP contribution in [-0.4, -0.2) is 21.1 Å². The molecular formula is C17H20N4. The smallest absolute Gasteiger partial charge is 0.138 e. The Morgan fingerprint density at radius 3 is 2.62 bits per heavy atom. The molecule has 0 saturated carbocycles. The Balaban J connectivity index is 1.98. The lowest BCUT2D eigenvalue weighted by molar-refractivity contribution is 0.724. The molecular weight excluding hydrogens is 260 g/mol. The molecule has 2 aromatic heterocycles. The topological polar surface area (TPSA) is 42.7 Å². The van der Waals surface area contributed by atoms with Gasteiger partial charge in [0, 0.05) is 12.7 Å². The molecule has 0 fully saturated rings. The number of hydrogen-bond acceptors (Lipinski definition) is 3. The first-order valence-electron chi connectivity index (χ1n) is 7.29. The molecule has 3 aromatic rings. The SMILES string of the molecule is CCNCc1ccc(-n2cnc3cc(C)c(C)cc32)nc1. The van der Waals surface area contributed by atoms with Crippen LogP contribution in [0.5, 0.6) is 0 Å². The van der Waals surface area contributed by atoms with Crippen LogP contribution in [0.1, 0.15) is 23.6 Å². The van der Waals surface area contributed by atoms with Gasteiger partial charge in [0.15, 0.2) is 0 Å². The summed E-state index contributed by atoms with van der Waals surface area (Å²) < 4.78 is 2.04. The molecule has 0 radical (unpaired) electrons. The van der Waals surface area contributed by atoms with Gasteiger partial charge in [0.05, 0.1) is 11.0 Å². The molecule has 0 amide bonds. The molecule has 108 valence electrons. The van der Waals surface area contributed by atoms with Crippen LogP contribution >= 0.6 is 0 Å². The summed E-state index contributed by atoms with van der Waals surface area (Å²) in [6.45, 7) is 8.16. The summed E-state index contributed by atoms with van der Waals surface area (Å²) in [6, 6.07) is 8.45. The van der Waals surface area contributed by atoms with Gasteiger partial charge in [0.25, 0.3) is 0 Å². The van der Waals surface area contributed by atoms with Crippen molar-refractivity contribution in [1.29, 1.82) is 0 Å². The van der Waals surface area contributed by atoms with Gasteiger partial charge in [0.2, 0.25) is 0 Å². The Bertz CT molecular complexity index is 756. The standard InChI is InChI=1S/C17H20N4/c1-4-18-9-14-5-6-17(19-10-14)21-11-20-15-7-12(2)13(3)8-16(15)21/h5-8,10-11,18H,4,9H2,1-3H3. The van der Waals surface area contributed by atoms with E-state index in [0.29, 0.717) is 0 Å². The Morgan fingerprint density at radius 2 is 1.90 bits per heavy atom. The van der Waals surface area contributed by atoms with Crippen molar-refractivity contribution in [2.24, 2.45) is 0 Å². The van der Waals surface area contributed by atoms with Gasteiger partial charge in [-0.05, 0) is 55.3 Å². The largest absolute Gasteiger partial charge is 0.313 e. The molecule has 0 spiro atoms. The molecule has 0 atom stereocenters. The summed E-state index contributed by atoms with van der Waals surface area (Å²) in [5.41, 5.74) is 5.84. The van der Waals surface area contributed by atoms with Gasteiger partial charge in [0.1, 0.15) is 12.1 Å². The predicted molar refractivity (Wildman–Crippen MR) is 85.7 cm³/mol. The monoisotopic (exact) mass is 280 g/mol. The number of benzene rings is 1. The van der Waals surface area contributed by atoms with Crippen molar-refractivity contribution >= 4 is 11.0 Å². The Morgan fingerprint density at radius 1 is 1.10 bits per heavy atom. The maximum Gasteiger partial charge on any atom is 0.138 e. The summed E-state index contributed by atoms with van der Waals surface area (Å²) in [7, 11) is 0. The average molecular weight is 280 g/mol. The molecule has 4 nitrogen and oxygen atoms in total. The van der Waals surface area contributed by atoms with Crippen molar-refractivity contribution in [3.63, 3.8) is 0 Å². The van der Waals surface area contributed by atoms with E-state index in [2.05, 4.69) is 54.3 Å². The van der Waals surface area contributed by atoms with Gasteiger partial charge in [-0.25, -0.2) is 9.97 Å². The number of hydrogen-bond donors (Lipinski definition) is 1. The number of nitrogens with one attached hydrogen (secondary N) is 1. The first kappa shape index (κ1) is 13.8. The van der Waals surface area contributed by atoms with E-state index in [4.69, 9.17) is 0 Å². The lowest BCUT2D eigenvalue weighted by Crippen LogP contribution is -2.12. The Kier molecular flexibility index (Phi) is 3.71. The number of rotatable bonds is 4. The van der Waals surface area contributed by atoms with Crippen LogP contribution in [-0.2, 0) is 6.54 Å². The highest BCUT2D eigenvalue weighted by molar-refractivity contribution is 5.78. The lowest BCUT2D eigenvalue weighted by atomic mass is 10.1. The van der Waals surface area contributed by atoms with E-state index in [1.165, 1.54) is 16.7 Å². The van der Waals surface area contributed by atoms with Gasteiger partial charge >= 0.3 is 0 Å². The number of nitrogens with zero attached hydrogens (tertiary/aromatic N) is 3. The highest BCUT2D eigenvalue weighted by Gasteiger charge is 2.07. The number of pyridine rings is 1. The fourth-order valence-electron chi connectivity index (χ4n) is 2.38. The van der Waals surface area contributed by atoms with Gasteiger partial charge in [-0.3, -0.25) is 4.57 Å². The maximum absolute atomic E-state index is 4.56. The zero-order chi connectivity index (χ0) is 14.8. The van der Waals surface area contributed by atoms with E-state index < -0.39 is 0 Å². The van der Waals surface area contributed by atoms with Gasteiger partial charge in [-0.2, -0.15) is 0 Å². The Labute approximate surface area is 124 Å². The normalized spacial score (nSPS) is 11.2. The molecule has 0 aliphatic heterocycles. The molecule has 0 aliphatic carbocycles. The van der Waals surface area contributed by atoms with Gasteiger partial charge in [-0.15, -0.1) is 0 Å². The molecule has 21 heavy (non-hydrogen) atoms. The summed E-state index contributed by atoms with van der Waals surface area (Å²) in [5.74, 6) is 0.904. The predicted octanol–water partition coefficient (Wildman–Crippen LogP) is 3.15. The minimum atomic E-state index is 0.854. The molecule has 1 aromatic carbocycles. The number of imidazole rings is 1. The second kappa shape index (κ2) is 5.66. The van der Waals surface area contributed by atoms with E-state index in [0.717, 1.165) is 29.9 Å². The van der Waals surface area contributed by atoms with Crippen LogP contribution in [0.4, 0.5) is 0 Å². The van der Waals surface area contributed by atoms with Crippen LogP contribution < -0.4 is 5.32 Å². The summed E-state index contributed by atoms with van der Waals surface area (Å²) >= 11 is 0. The summed E-state index contributed by atoms with van der Waals surface area (Å²) in [5, 5.41) is 3.30. The maximum atomic E-state index is 4.56. The summed E-state index contributed by atoms with van der Waals surface area (Å²) in [4.78, 5) is 9.04. The van der Waals surface area contributed by atoms with Crippen molar-refractivity contribution < 1.29 is 0 Å². The van der Waals surface area contributed by atoms with Crippen molar-refractivity contribution in [1.82, 2.24) is 19.9 Å². The highest BCUT2D eigenvalue weighted by Crippen LogP contribution is 2.21. The number of fused-ring (bicyclic) bond motifs is 1. The van der Waals surface area contributed by atoms with Gasteiger partial charge in [-0.1, -0.05) is 13.0 Å². The molecule has 3 rings (SSSR count). The molecule has 4 heteroatoms. The van der Waals surface area contributed by atoms with E-state index in [-0.39, 0.29) is 0 Å². The third-order valence-electron chi connectivity index (χ3n) is 3.80. The van der Waals surface area contributed by atoms with E-state index >= 15 is 0 Å². The van der Waals surface area contributed by atoms with Crippen LogP contribution in [0.25, 0.3) is 16.9 Å². The lowest BCUT2D eigenvalue weighted by Gasteiger charge is -2.07. The Hall–Kier alpha value is -2.20. The van der Waals surface area contributed by atoms with Crippen molar-refractivity contribution in [2.75, 3.05) is 6.54 Å². The van der Waals surface area contributed by atoms with E-state index in [9.17, 15) is 0 Å². The van der Waals surface area contributed by atoms with Crippen LogP contribution in [0, 0.1) is 13.8 Å². The molecule has 0 bridgehead atoms.